The van der Waals surface area contributed by atoms with Gasteiger partial charge in [0.2, 0.25) is 0 Å². The highest BCUT2D eigenvalue weighted by Crippen LogP contribution is 2.06. The smallest absolute Gasteiger partial charge is 0.337 e. The highest BCUT2D eigenvalue weighted by Gasteiger charge is 2.02. The average molecular weight is 252 g/mol. The molecule has 0 aromatic heterocycles. The lowest BCUT2D eigenvalue weighted by atomic mass is 10.1. The molecule has 0 aliphatic carbocycles. The Labute approximate surface area is 108 Å². The maximum Gasteiger partial charge on any atom is 0.337 e. The lowest BCUT2D eigenvalue weighted by Crippen LogP contribution is -2.00. The van der Waals surface area contributed by atoms with Crippen molar-refractivity contribution in [3.8, 4) is 0 Å². The van der Waals surface area contributed by atoms with Gasteiger partial charge in [-0.1, -0.05) is 32.1 Å². The first-order valence-electron chi connectivity index (χ1n) is 5.53. The second-order valence-corrected chi connectivity index (χ2v) is 2.61. The van der Waals surface area contributed by atoms with E-state index < -0.39 is 0 Å². The normalized spacial score (nSPS) is 8.50. The molecule has 1 aromatic rings. The molecule has 0 atom stereocenters. The Morgan fingerprint density at radius 1 is 1.17 bits per heavy atom. The summed E-state index contributed by atoms with van der Waals surface area (Å²) in [5, 5.41) is 7.00. The third-order valence-corrected chi connectivity index (χ3v) is 1.70. The molecule has 0 aliphatic heterocycles. The maximum atomic E-state index is 11.0. The Kier molecular flexibility index (Phi) is 13.4. The number of benzene rings is 1. The number of esters is 1. The van der Waals surface area contributed by atoms with E-state index in [1.54, 1.807) is 30.3 Å². The number of rotatable bonds is 3. The monoisotopic (exact) mass is 252 g/mol. The van der Waals surface area contributed by atoms with Crippen LogP contribution in [0.15, 0.2) is 30.3 Å². The van der Waals surface area contributed by atoms with Crippen LogP contribution in [0.5, 0.6) is 0 Å². The van der Waals surface area contributed by atoms with Crippen molar-refractivity contribution in [3.05, 3.63) is 41.5 Å². The van der Waals surface area contributed by atoms with E-state index in [1.165, 1.54) is 13.2 Å². The number of carbonyl (C=O) groups excluding carboxylic acids is 2. The predicted molar refractivity (Wildman–Crippen MR) is 72.4 cm³/mol. The van der Waals surface area contributed by atoms with Crippen molar-refractivity contribution in [3.63, 3.8) is 0 Å². The SMILES string of the molecule is CC.CO.COC(=O)c1ccc(/C=C/C=O)cc1. The van der Waals surface area contributed by atoms with Gasteiger partial charge < -0.3 is 9.84 Å². The molecule has 0 spiro atoms. The predicted octanol–water partition coefficient (Wildman–Crippen LogP) is 2.32. The molecule has 18 heavy (non-hydrogen) atoms. The van der Waals surface area contributed by atoms with Crippen LogP contribution < -0.4 is 0 Å². The lowest BCUT2D eigenvalue weighted by molar-refractivity contribution is -0.104. The van der Waals surface area contributed by atoms with Crippen molar-refractivity contribution < 1.29 is 19.4 Å². The summed E-state index contributed by atoms with van der Waals surface area (Å²) < 4.78 is 4.54. The third-order valence-electron chi connectivity index (χ3n) is 1.70. The van der Waals surface area contributed by atoms with Crippen molar-refractivity contribution >= 4 is 18.3 Å². The van der Waals surface area contributed by atoms with Gasteiger partial charge in [0, 0.05) is 7.11 Å². The van der Waals surface area contributed by atoms with E-state index in [2.05, 4.69) is 4.74 Å². The van der Waals surface area contributed by atoms with Crippen LogP contribution in [0.3, 0.4) is 0 Å². The number of ether oxygens (including phenoxy) is 1. The molecule has 0 amide bonds. The van der Waals surface area contributed by atoms with Gasteiger partial charge in [0.25, 0.3) is 0 Å². The summed E-state index contributed by atoms with van der Waals surface area (Å²) >= 11 is 0. The largest absolute Gasteiger partial charge is 0.465 e. The molecule has 100 valence electrons. The lowest BCUT2D eigenvalue weighted by Gasteiger charge is -1.98. The molecule has 4 nitrogen and oxygen atoms in total. The van der Waals surface area contributed by atoms with E-state index in [9.17, 15) is 9.59 Å². The molecular weight excluding hydrogens is 232 g/mol. The van der Waals surface area contributed by atoms with Gasteiger partial charge in [-0.3, -0.25) is 4.79 Å². The highest BCUT2D eigenvalue weighted by molar-refractivity contribution is 5.89. The van der Waals surface area contributed by atoms with Crippen molar-refractivity contribution in [2.45, 2.75) is 13.8 Å². The van der Waals surface area contributed by atoms with Crippen LogP contribution in [0.4, 0.5) is 0 Å². The fourth-order valence-electron chi connectivity index (χ4n) is 0.999. The van der Waals surface area contributed by atoms with E-state index in [0.29, 0.717) is 11.8 Å². The minimum Gasteiger partial charge on any atom is -0.465 e. The average Bonchev–Trinajstić information content (AvgIpc) is 2.49. The zero-order valence-electron chi connectivity index (χ0n) is 11.2. The number of aliphatic hydroxyl groups is 1. The van der Waals surface area contributed by atoms with Crippen LogP contribution in [0, 0.1) is 0 Å². The molecule has 1 rings (SSSR count). The van der Waals surface area contributed by atoms with Crippen LogP contribution in [0.25, 0.3) is 6.08 Å². The van der Waals surface area contributed by atoms with Crippen molar-refractivity contribution in [2.24, 2.45) is 0 Å². The molecule has 0 bridgehead atoms. The van der Waals surface area contributed by atoms with Gasteiger partial charge in [-0.2, -0.15) is 0 Å². The fraction of sp³-hybridized carbons (Fsp3) is 0.286. The Bertz CT molecular complexity index is 353. The number of hydrogen-bond donors (Lipinski definition) is 1. The number of allylic oxidation sites excluding steroid dienone is 1. The first kappa shape index (κ1) is 18.4. The quantitative estimate of drug-likeness (QED) is 0.509. The summed E-state index contributed by atoms with van der Waals surface area (Å²) in [4.78, 5) is 21.1. The first-order valence-corrected chi connectivity index (χ1v) is 5.53. The minimum absolute atomic E-state index is 0.365. The van der Waals surface area contributed by atoms with Crippen molar-refractivity contribution in [1.82, 2.24) is 0 Å². The Balaban J connectivity index is 0. The Hall–Kier alpha value is -1.94. The second-order valence-electron chi connectivity index (χ2n) is 2.61. The summed E-state index contributed by atoms with van der Waals surface area (Å²) in [6.07, 6.45) is 3.76. The van der Waals surface area contributed by atoms with Crippen LogP contribution in [0.1, 0.15) is 29.8 Å². The molecule has 4 heteroatoms. The van der Waals surface area contributed by atoms with Gasteiger partial charge in [0.15, 0.2) is 0 Å². The number of carbonyl (C=O) groups is 2. The molecule has 0 aliphatic rings. The molecule has 0 saturated carbocycles. The van der Waals surface area contributed by atoms with Gasteiger partial charge >= 0.3 is 5.97 Å². The van der Waals surface area contributed by atoms with Crippen LogP contribution in [-0.4, -0.2) is 31.6 Å². The van der Waals surface area contributed by atoms with E-state index in [4.69, 9.17) is 5.11 Å². The minimum atomic E-state index is -0.365. The third kappa shape index (κ3) is 7.35. The highest BCUT2D eigenvalue weighted by atomic mass is 16.5. The van der Waals surface area contributed by atoms with Crippen LogP contribution in [-0.2, 0) is 9.53 Å². The topological polar surface area (TPSA) is 63.6 Å². The maximum absolute atomic E-state index is 11.0. The molecule has 0 unspecified atom stereocenters. The second kappa shape index (κ2) is 13.1. The van der Waals surface area contributed by atoms with Crippen molar-refractivity contribution in [1.29, 1.82) is 0 Å². The zero-order chi connectivity index (χ0) is 14.4. The van der Waals surface area contributed by atoms with Gasteiger partial charge in [0.05, 0.1) is 12.7 Å². The van der Waals surface area contributed by atoms with E-state index in [0.717, 1.165) is 12.7 Å². The van der Waals surface area contributed by atoms with Crippen LogP contribution >= 0.6 is 0 Å². The molecule has 0 heterocycles. The summed E-state index contributed by atoms with van der Waals surface area (Å²) in [7, 11) is 2.34. The van der Waals surface area contributed by atoms with Crippen LogP contribution in [0.2, 0.25) is 0 Å². The van der Waals surface area contributed by atoms with Gasteiger partial charge in [-0.15, -0.1) is 0 Å². The van der Waals surface area contributed by atoms with Crippen molar-refractivity contribution in [2.75, 3.05) is 14.2 Å². The molecule has 0 saturated heterocycles. The van der Waals surface area contributed by atoms with Gasteiger partial charge in [-0.25, -0.2) is 4.79 Å². The standard InChI is InChI=1S/C11H10O3.C2H6.CH4O/c1-14-11(13)10-6-4-9(5-7-10)3-2-8-12;2*1-2/h2-8H,1H3;1-2H3;2H,1H3/b3-2+;;. The molecular formula is C14H20O4. The van der Waals surface area contributed by atoms with Gasteiger partial charge in [-0.05, 0) is 23.8 Å². The summed E-state index contributed by atoms with van der Waals surface area (Å²) in [6, 6.07) is 6.78. The molecule has 1 aromatic carbocycles. The fourth-order valence-corrected chi connectivity index (χ4v) is 0.999. The summed E-state index contributed by atoms with van der Waals surface area (Å²) in [6.45, 7) is 4.00. The number of aliphatic hydroxyl groups excluding tert-OH is 1. The Morgan fingerprint density at radius 2 is 1.67 bits per heavy atom. The number of hydrogen-bond acceptors (Lipinski definition) is 4. The molecule has 0 radical (unpaired) electrons. The number of aldehydes is 1. The van der Waals surface area contributed by atoms with Gasteiger partial charge in [0.1, 0.15) is 6.29 Å². The van der Waals surface area contributed by atoms with E-state index in [-0.39, 0.29) is 5.97 Å². The number of methoxy groups -OCH3 is 1. The molecule has 0 fully saturated rings. The van der Waals surface area contributed by atoms with E-state index >= 15 is 0 Å². The Morgan fingerprint density at radius 3 is 2.06 bits per heavy atom. The first-order chi connectivity index (χ1) is 8.77. The molecule has 1 N–H and O–H groups in total. The zero-order valence-corrected chi connectivity index (χ0v) is 11.2. The summed E-state index contributed by atoms with van der Waals surface area (Å²) in [5.41, 5.74) is 1.36. The summed E-state index contributed by atoms with van der Waals surface area (Å²) in [5.74, 6) is -0.365. The van der Waals surface area contributed by atoms with E-state index in [1.807, 2.05) is 13.8 Å².